The molecule has 0 aromatic heterocycles. The summed E-state index contributed by atoms with van der Waals surface area (Å²) in [4.78, 5) is 13.4. The third-order valence-corrected chi connectivity index (χ3v) is 7.91. The van der Waals surface area contributed by atoms with Crippen LogP contribution in [0.1, 0.15) is 42.0 Å². The highest BCUT2D eigenvalue weighted by molar-refractivity contribution is 7.89. The molecule has 1 aliphatic rings. The quantitative estimate of drug-likeness (QED) is 0.789. The summed E-state index contributed by atoms with van der Waals surface area (Å²) in [5.41, 5.74) is 3.69. The molecule has 2 aromatic carbocycles. The lowest BCUT2D eigenvalue weighted by Crippen LogP contribution is -2.52. The van der Waals surface area contributed by atoms with Gasteiger partial charge in [0.2, 0.25) is 15.9 Å². The Kier molecular flexibility index (Phi) is 6.44. The zero-order chi connectivity index (χ0) is 21.1. The third-order valence-electron chi connectivity index (χ3n) is 6.03. The average molecular weight is 415 g/mol. The van der Waals surface area contributed by atoms with Gasteiger partial charge in [0, 0.05) is 19.6 Å². The van der Waals surface area contributed by atoms with Gasteiger partial charge in [-0.1, -0.05) is 54.1 Å². The van der Waals surface area contributed by atoms with Crippen LogP contribution < -0.4 is 5.32 Å². The fourth-order valence-corrected chi connectivity index (χ4v) is 5.23. The fourth-order valence-electron chi connectivity index (χ4n) is 4.12. The molecule has 0 bridgehead atoms. The highest BCUT2D eigenvalue weighted by Gasteiger charge is 2.44. The molecule has 0 aliphatic carbocycles. The van der Waals surface area contributed by atoms with Crippen molar-refractivity contribution in [3.63, 3.8) is 0 Å². The monoisotopic (exact) mass is 414 g/mol. The van der Waals surface area contributed by atoms with Crippen molar-refractivity contribution in [2.24, 2.45) is 0 Å². The Morgan fingerprint density at radius 3 is 2.31 bits per heavy atom. The summed E-state index contributed by atoms with van der Waals surface area (Å²) in [7, 11) is -3.24. The number of hydrogen-bond donors (Lipinski definition) is 1. The first-order chi connectivity index (χ1) is 13.8. The molecule has 2 aromatic rings. The van der Waals surface area contributed by atoms with Crippen LogP contribution in [-0.4, -0.2) is 37.5 Å². The molecule has 1 saturated heterocycles. The van der Waals surface area contributed by atoms with E-state index in [1.54, 1.807) is 6.92 Å². The number of nitrogens with zero attached hydrogens (tertiary/aromatic N) is 1. The van der Waals surface area contributed by atoms with Gasteiger partial charge in [0.1, 0.15) is 0 Å². The van der Waals surface area contributed by atoms with E-state index in [0.29, 0.717) is 32.5 Å². The van der Waals surface area contributed by atoms with Gasteiger partial charge < -0.3 is 5.32 Å². The van der Waals surface area contributed by atoms with Crippen molar-refractivity contribution in [2.45, 2.75) is 45.6 Å². The van der Waals surface area contributed by atoms with E-state index in [-0.39, 0.29) is 11.7 Å². The number of carbonyl (C=O) groups is 1. The number of piperidine rings is 1. The predicted octanol–water partition coefficient (Wildman–Crippen LogP) is 3.30. The van der Waals surface area contributed by atoms with E-state index >= 15 is 0 Å². The zero-order valence-corrected chi connectivity index (χ0v) is 18.3. The smallest absolute Gasteiger partial charge is 0.231 e. The minimum atomic E-state index is -3.24. The van der Waals surface area contributed by atoms with Crippen LogP contribution in [0.3, 0.4) is 0 Å². The first kappa shape index (κ1) is 21.5. The molecule has 29 heavy (non-hydrogen) atoms. The van der Waals surface area contributed by atoms with E-state index in [0.717, 1.165) is 16.7 Å². The second-order valence-corrected chi connectivity index (χ2v) is 10.1. The first-order valence-corrected chi connectivity index (χ1v) is 11.8. The summed E-state index contributed by atoms with van der Waals surface area (Å²) in [5.74, 6) is 0.0572. The standard InChI is InChI=1S/C23H30N2O3S/c1-4-29(27,28)25-14-12-23(13-15-25,21-8-6-5-7-9-21)22(26)24-17-20-11-10-18(2)16-19(20)3/h5-11,16H,4,12-15,17H2,1-3H3,(H,24,26). The molecule has 156 valence electrons. The molecular weight excluding hydrogens is 384 g/mol. The summed E-state index contributed by atoms with van der Waals surface area (Å²) >= 11 is 0. The molecule has 1 amide bonds. The van der Waals surface area contributed by atoms with Gasteiger partial charge in [0.25, 0.3) is 0 Å². The van der Waals surface area contributed by atoms with Gasteiger partial charge in [-0.3, -0.25) is 4.79 Å². The van der Waals surface area contributed by atoms with Gasteiger partial charge >= 0.3 is 0 Å². The Morgan fingerprint density at radius 1 is 1.07 bits per heavy atom. The number of aryl methyl sites for hydroxylation is 2. The molecule has 1 N–H and O–H groups in total. The SMILES string of the molecule is CCS(=O)(=O)N1CCC(C(=O)NCc2ccc(C)cc2C)(c2ccccc2)CC1. The first-order valence-electron chi connectivity index (χ1n) is 10.2. The molecular formula is C23H30N2O3S. The normalized spacial score (nSPS) is 17.1. The van der Waals surface area contributed by atoms with Gasteiger partial charge in [0.15, 0.2) is 0 Å². The number of benzene rings is 2. The second-order valence-electron chi connectivity index (χ2n) is 7.86. The minimum Gasteiger partial charge on any atom is -0.351 e. The van der Waals surface area contributed by atoms with Gasteiger partial charge in [0.05, 0.1) is 11.2 Å². The Morgan fingerprint density at radius 2 is 1.72 bits per heavy atom. The second kappa shape index (κ2) is 8.67. The van der Waals surface area contributed by atoms with Crippen molar-refractivity contribution in [1.29, 1.82) is 0 Å². The van der Waals surface area contributed by atoms with E-state index in [4.69, 9.17) is 0 Å². The molecule has 1 heterocycles. The van der Waals surface area contributed by atoms with Crippen molar-refractivity contribution in [3.05, 3.63) is 70.8 Å². The lowest BCUT2D eigenvalue weighted by Gasteiger charge is -2.40. The van der Waals surface area contributed by atoms with Crippen LogP contribution in [-0.2, 0) is 26.8 Å². The van der Waals surface area contributed by atoms with E-state index < -0.39 is 15.4 Å². The number of nitrogens with one attached hydrogen (secondary N) is 1. The Hall–Kier alpha value is -2.18. The maximum absolute atomic E-state index is 13.4. The number of amides is 1. The van der Waals surface area contributed by atoms with Crippen molar-refractivity contribution in [3.8, 4) is 0 Å². The number of carbonyl (C=O) groups excluding carboxylic acids is 1. The zero-order valence-electron chi connectivity index (χ0n) is 17.4. The van der Waals surface area contributed by atoms with E-state index in [1.165, 1.54) is 9.87 Å². The maximum atomic E-state index is 13.4. The van der Waals surface area contributed by atoms with Gasteiger partial charge in [-0.2, -0.15) is 0 Å². The molecule has 6 heteroatoms. The maximum Gasteiger partial charge on any atom is 0.231 e. The van der Waals surface area contributed by atoms with Crippen LogP contribution in [0.4, 0.5) is 0 Å². The van der Waals surface area contributed by atoms with Gasteiger partial charge in [-0.25, -0.2) is 12.7 Å². The Balaban J connectivity index is 1.82. The highest BCUT2D eigenvalue weighted by atomic mass is 32.2. The van der Waals surface area contributed by atoms with Crippen molar-refractivity contribution < 1.29 is 13.2 Å². The molecule has 1 fully saturated rings. The minimum absolute atomic E-state index is 0.0304. The molecule has 0 spiro atoms. The Labute approximate surface area is 174 Å². The number of sulfonamides is 1. The van der Waals surface area contributed by atoms with E-state index in [1.807, 2.05) is 30.3 Å². The molecule has 0 saturated carbocycles. The molecule has 0 unspecified atom stereocenters. The fraction of sp³-hybridized carbons (Fsp3) is 0.435. The van der Waals surface area contributed by atoms with Gasteiger partial charge in [-0.05, 0) is 50.3 Å². The predicted molar refractivity (Wildman–Crippen MR) is 116 cm³/mol. The van der Waals surface area contributed by atoms with Crippen LogP contribution in [0, 0.1) is 13.8 Å². The van der Waals surface area contributed by atoms with Crippen LogP contribution >= 0.6 is 0 Å². The summed E-state index contributed by atoms with van der Waals surface area (Å²) < 4.78 is 26.1. The van der Waals surface area contributed by atoms with E-state index in [2.05, 4.69) is 37.4 Å². The highest BCUT2D eigenvalue weighted by Crippen LogP contribution is 2.37. The summed E-state index contributed by atoms with van der Waals surface area (Å²) in [5, 5.41) is 3.13. The molecule has 0 atom stereocenters. The lowest BCUT2D eigenvalue weighted by molar-refractivity contribution is -0.128. The summed E-state index contributed by atoms with van der Waals surface area (Å²) in [6.45, 7) is 6.96. The molecule has 1 aliphatic heterocycles. The van der Waals surface area contributed by atoms with Crippen LogP contribution in [0.5, 0.6) is 0 Å². The molecule has 3 rings (SSSR count). The molecule has 5 nitrogen and oxygen atoms in total. The van der Waals surface area contributed by atoms with Crippen LogP contribution in [0.25, 0.3) is 0 Å². The largest absolute Gasteiger partial charge is 0.351 e. The van der Waals surface area contributed by atoms with Crippen molar-refractivity contribution in [2.75, 3.05) is 18.8 Å². The number of rotatable bonds is 6. The van der Waals surface area contributed by atoms with E-state index in [9.17, 15) is 13.2 Å². The lowest BCUT2D eigenvalue weighted by atomic mass is 9.72. The van der Waals surface area contributed by atoms with Gasteiger partial charge in [-0.15, -0.1) is 0 Å². The topological polar surface area (TPSA) is 66.5 Å². The average Bonchev–Trinajstić information content (AvgIpc) is 2.73. The van der Waals surface area contributed by atoms with Crippen LogP contribution in [0.2, 0.25) is 0 Å². The Bertz CT molecular complexity index is 963. The number of hydrogen-bond acceptors (Lipinski definition) is 3. The van der Waals surface area contributed by atoms with Crippen LogP contribution in [0.15, 0.2) is 48.5 Å². The summed E-state index contributed by atoms with van der Waals surface area (Å²) in [6, 6.07) is 16.0. The third kappa shape index (κ3) is 4.54. The molecule has 0 radical (unpaired) electrons. The van der Waals surface area contributed by atoms with Crippen molar-refractivity contribution in [1.82, 2.24) is 9.62 Å². The summed E-state index contributed by atoms with van der Waals surface area (Å²) in [6.07, 6.45) is 0.962. The van der Waals surface area contributed by atoms with Crippen molar-refractivity contribution >= 4 is 15.9 Å².